The van der Waals surface area contributed by atoms with Gasteiger partial charge >= 0.3 is 99.0 Å². The van der Waals surface area contributed by atoms with Crippen LogP contribution in [-0.2, 0) is 99.0 Å². The quantitative estimate of drug-likeness (QED) is 0.209. The average Bonchev–Trinajstić information content (AvgIpc) is 2.03. The molecule has 0 aromatic heterocycles. The van der Waals surface area contributed by atoms with Gasteiger partial charge in [0.1, 0.15) is 0 Å². The number of rotatable bonds is 0. The van der Waals surface area contributed by atoms with E-state index >= 15 is 0 Å². The van der Waals surface area contributed by atoms with Crippen LogP contribution in [-0.4, -0.2) is 21.9 Å². The number of hydrogen-bond acceptors (Lipinski definition) is 2. The topological polar surface area (TPSA) is 257 Å². The standard InChI is InChI=1S/4C2H5.4CH3.4H2N.4H2O.Pt.4Ru/c4*1-2;;;;;;;;;;;;;;;;;/h4*1H2,2H3;4*1H3;8*1H2;;;;;/q12*-1;;;;;+4;4*+2/p-2. The number of hydrogen-bond donors (Lipinski definition) is 0. The summed E-state index contributed by atoms with van der Waals surface area (Å²) in [5, 5.41) is 0. The molecule has 0 amide bonds. The molecule has 0 fully saturated rings. The van der Waals surface area contributed by atoms with Crippen LogP contribution in [0.5, 0.6) is 0 Å². The Balaban J connectivity index is -0.000000000366. The largest absolute Gasteiger partial charge is 4.00 e. The van der Waals surface area contributed by atoms with Crippen LogP contribution in [0.1, 0.15) is 27.7 Å². The first-order valence-electron chi connectivity index (χ1n) is 2.83. The molecule has 0 heterocycles. The monoisotopic (exact) mass is 913 g/mol. The first kappa shape index (κ1) is 427. The molecular weight excluding hydrogens is 864 g/mol. The molecule has 0 aliphatic rings. The van der Waals surface area contributed by atoms with E-state index in [1.165, 1.54) is 0 Å². The normalized spacial score (nSPS) is 0.960. The molecule has 0 unspecified atom stereocenters. The molecule has 0 radical (unpaired) electrons. The second kappa shape index (κ2) is 2190. The van der Waals surface area contributed by atoms with E-state index in [9.17, 15) is 0 Å². The summed E-state index contributed by atoms with van der Waals surface area (Å²) in [6.45, 7) is 20.0. The van der Waals surface area contributed by atoms with Gasteiger partial charge in [-0.2, -0.15) is 27.7 Å². The van der Waals surface area contributed by atoms with Crippen molar-refractivity contribution in [2.45, 2.75) is 27.7 Å². The zero-order valence-corrected chi connectivity index (χ0v) is 26.0. The number of nitrogens with two attached hydrogens (primary N) is 4. The Morgan fingerprint density at radius 1 is 0.360 bits per heavy atom. The van der Waals surface area contributed by atoms with Gasteiger partial charge in [-0.15, -0.1) is 0 Å². The van der Waals surface area contributed by atoms with Gasteiger partial charge in [0.05, 0.1) is 0 Å². The van der Waals surface area contributed by atoms with Crippen LogP contribution < -0.4 is 0 Å². The van der Waals surface area contributed by atoms with E-state index in [0.29, 0.717) is 0 Å². The van der Waals surface area contributed by atoms with Gasteiger partial charge < -0.3 is 104 Å². The SMILES string of the molecule is O.O.[CH2-]C.[CH2-]C.[CH2-]C.[CH2-]C.[CH3-].[CH3-].[CH3-].[CH3-].[NH2-].[NH2-].[NH2-].[NH2-].[OH-].[OH-].[Pt+4].[Ru+2].[Ru+2].[Ru+2].[Ru+2]. The summed E-state index contributed by atoms with van der Waals surface area (Å²) in [6, 6.07) is 0. The van der Waals surface area contributed by atoms with Gasteiger partial charge in [-0.3, -0.25) is 0 Å². The third kappa shape index (κ3) is 2030. The third-order valence-corrected chi connectivity index (χ3v) is 0. The maximum Gasteiger partial charge on any atom is 4.00 e. The molecule has 182 valence electrons. The van der Waals surface area contributed by atoms with Gasteiger partial charge in [0.25, 0.3) is 0 Å². The molecule has 8 nitrogen and oxygen atoms in total. The molecule has 0 rings (SSSR count). The van der Waals surface area contributed by atoms with Crippen LogP contribution in [0.25, 0.3) is 24.6 Å². The third-order valence-electron chi connectivity index (χ3n) is 0. The van der Waals surface area contributed by atoms with Gasteiger partial charge in [-0.05, 0) is 0 Å². The molecule has 0 bridgehead atoms. The summed E-state index contributed by atoms with van der Waals surface area (Å²) >= 11 is 0. The molecule has 25 heavy (non-hydrogen) atoms. The average molecular weight is 910 g/mol. The van der Waals surface area contributed by atoms with Crippen molar-refractivity contribution in [3.05, 3.63) is 82.0 Å². The van der Waals surface area contributed by atoms with Crippen LogP contribution in [0.15, 0.2) is 0 Å². The summed E-state index contributed by atoms with van der Waals surface area (Å²) < 4.78 is 0. The Morgan fingerprint density at radius 2 is 0.360 bits per heavy atom. The molecule has 0 saturated heterocycles. The minimum Gasteiger partial charge on any atom is -0.870 e. The fraction of sp³-hybridized carbons (Fsp3) is 0.333. The van der Waals surface area contributed by atoms with E-state index < -0.39 is 0 Å². The molecule has 0 atom stereocenters. The summed E-state index contributed by atoms with van der Waals surface area (Å²) in [5.74, 6) is 0. The van der Waals surface area contributed by atoms with Crippen molar-refractivity contribution in [1.29, 1.82) is 0 Å². The smallest absolute Gasteiger partial charge is 0.870 e. The van der Waals surface area contributed by atoms with Crippen LogP contribution in [0.3, 0.4) is 0 Å². The fourth-order valence-electron chi connectivity index (χ4n) is 0. The van der Waals surface area contributed by atoms with Crippen molar-refractivity contribution in [3.8, 4) is 0 Å². The van der Waals surface area contributed by atoms with Gasteiger partial charge in [0, 0.05) is 0 Å². The Bertz CT molecular complexity index is 49.1. The first-order valence-corrected chi connectivity index (χ1v) is 2.83. The Kier molecular flexibility index (Phi) is 37500. The van der Waals surface area contributed by atoms with Crippen molar-refractivity contribution in [1.82, 2.24) is 0 Å². The van der Waals surface area contributed by atoms with Gasteiger partial charge in [-0.1, -0.05) is 0 Å². The van der Waals surface area contributed by atoms with Gasteiger partial charge in [0.2, 0.25) is 0 Å². The van der Waals surface area contributed by atoms with E-state index in [0.717, 1.165) is 0 Å². The second-order valence-electron chi connectivity index (χ2n) is 0. The van der Waals surface area contributed by atoms with Crippen molar-refractivity contribution < 1.29 is 121 Å². The zero-order chi connectivity index (χ0) is 8.00. The van der Waals surface area contributed by atoms with Crippen molar-refractivity contribution >= 4 is 0 Å². The Labute approximate surface area is 228 Å². The predicted molar refractivity (Wildman–Crippen MR) is 102 cm³/mol. The minimum atomic E-state index is 0. The maximum atomic E-state index is 3.25. The minimum absolute atomic E-state index is 0. The molecule has 0 saturated carbocycles. The molecule has 13 heteroatoms. The van der Waals surface area contributed by atoms with Crippen LogP contribution in [0.4, 0.5) is 0 Å². The fourth-order valence-corrected chi connectivity index (χ4v) is 0. The Morgan fingerprint density at radius 3 is 0.360 bits per heavy atom. The van der Waals surface area contributed by atoms with Crippen LogP contribution >= 0.6 is 0 Å². The molecule has 0 aliphatic heterocycles. The van der Waals surface area contributed by atoms with E-state index in [4.69, 9.17) is 0 Å². The first-order chi connectivity index (χ1) is 4.00. The van der Waals surface area contributed by atoms with E-state index in [1.807, 2.05) is 0 Å². The van der Waals surface area contributed by atoms with Crippen molar-refractivity contribution in [3.63, 3.8) is 0 Å². The molecular formula is C12H46N4O4PtRu4-2. The molecule has 0 aromatic carbocycles. The van der Waals surface area contributed by atoms with Crippen LogP contribution in [0, 0.1) is 57.4 Å². The van der Waals surface area contributed by atoms with Crippen molar-refractivity contribution in [2.75, 3.05) is 0 Å². The summed E-state index contributed by atoms with van der Waals surface area (Å²) in [4.78, 5) is 0. The molecule has 0 spiro atoms. The summed E-state index contributed by atoms with van der Waals surface area (Å²) in [7, 11) is 0. The molecule has 0 aromatic rings. The van der Waals surface area contributed by atoms with Gasteiger partial charge in [-0.25, -0.2) is 0 Å². The predicted octanol–water partition coefficient (Wildman–Crippen LogP) is 6.02. The van der Waals surface area contributed by atoms with E-state index in [-0.39, 0.29) is 175 Å². The molecule has 0 aliphatic carbocycles. The summed E-state index contributed by atoms with van der Waals surface area (Å²) in [5.41, 5.74) is 0. The molecule has 14 N–H and O–H groups in total. The van der Waals surface area contributed by atoms with E-state index in [2.05, 4.69) is 27.7 Å². The van der Waals surface area contributed by atoms with Crippen LogP contribution in [0.2, 0.25) is 0 Å². The zero-order valence-electron chi connectivity index (χ0n) is 16.8. The summed E-state index contributed by atoms with van der Waals surface area (Å²) in [6.07, 6.45) is 0. The Hall–Kier alpha value is 2.86. The van der Waals surface area contributed by atoms with Gasteiger partial charge in [0.15, 0.2) is 0 Å². The maximum absolute atomic E-state index is 3.25. The second-order valence-corrected chi connectivity index (χ2v) is 0. The van der Waals surface area contributed by atoms with E-state index in [1.54, 1.807) is 27.7 Å². The van der Waals surface area contributed by atoms with Crippen molar-refractivity contribution in [2.24, 2.45) is 0 Å².